The molecule has 1 heterocycles. The van der Waals surface area contributed by atoms with Gasteiger partial charge in [-0.2, -0.15) is 0 Å². The summed E-state index contributed by atoms with van der Waals surface area (Å²) in [5.74, 6) is 10.5. The molecular weight excluding hydrogens is 486 g/mol. The molecule has 11 nitrogen and oxygen atoms in total. The molecule has 0 unspecified atom stereocenters. The number of carboxylic acids is 1. The van der Waals surface area contributed by atoms with Crippen molar-refractivity contribution < 1.29 is 20.1 Å². The van der Waals surface area contributed by atoms with Crippen LogP contribution in [0.25, 0.3) is 33.2 Å². The van der Waals surface area contributed by atoms with E-state index in [1.54, 1.807) is 19.2 Å². The smallest absolute Gasteiger partial charge is 0.339 e. The predicted octanol–water partition coefficient (Wildman–Crippen LogP) is 3.26. The van der Waals surface area contributed by atoms with Crippen LogP contribution in [0.15, 0.2) is 78.8 Å². The Morgan fingerprint density at radius 2 is 1.47 bits per heavy atom. The van der Waals surface area contributed by atoms with Crippen molar-refractivity contribution in [3.05, 3.63) is 95.5 Å². The molecule has 0 saturated carbocycles. The van der Waals surface area contributed by atoms with E-state index in [2.05, 4.69) is 4.98 Å². The molecule has 0 spiro atoms. The second-order valence-corrected chi connectivity index (χ2v) is 8.77. The molecule has 0 bridgehead atoms. The third kappa shape index (κ3) is 5.48. The Morgan fingerprint density at radius 1 is 0.895 bits per heavy atom. The van der Waals surface area contributed by atoms with Crippen molar-refractivity contribution in [1.82, 2.24) is 9.99 Å². The van der Waals surface area contributed by atoms with Crippen LogP contribution in [0.2, 0.25) is 0 Å². The maximum atomic E-state index is 11.1. The molecule has 4 rings (SSSR count). The molecule has 1 aromatic heterocycles. The number of nitrogens with zero attached hydrogens (tertiary/aromatic N) is 2. The van der Waals surface area contributed by atoms with E-state index in [4.69, 9.17) is 28.3 Å². The van der Waals surface area contributed by atoms with Crippen molar-refractivity contribution >= 4 is 44.9 Å². The summed E-state index contributed by atoms with van der Waals surface area (Å²) in [6, 6.07) is 15.5. The van der Waals surface area contributed by atoms with Crippen LogP contribution in [0.3, 0.4) is 0 Å². The molecule has 0 radical (unpaired) electrons. The fraction of sp³-hybridized carbons (Fsp3) is 0.0741. The average molecular weight is 516 g/mol. The van der Waals surface area contributed by atoms with Crippen LogP contribution in [0, 0.1) is 0 Å². The average Bonchev–Trinajstić information content (AvgIpc) is 3.24. The molecule has 0 saturated heterocycles. The zero-order valence-electron chi connectivity index (χ0n) is 20.6. The largest absolute Gasteiger partial charge is 0.513 e. The fourth-order valence-corrected chi connectivity index (χ4v) is 3.97. The number of aliphatic hydroxyl groups is 1. The second kappa shape index (κ2) is 10.5. The maximum absolute atomic E-state index is 11.1. The summed E-state index contributed by atoms with van der Waals surface area (Å²) in [6.07, 6.45) is 4.65. The Labute approximate surface area is 218 Å². The molecule has 4 aromatic rings. The minimum Gasteiger partial charge on any atom is -0.513 e. The van der Waals surface area contributed by atoms with Gasteiger partial charge in [0.2, 0.25) is 0 Å². The number of carboxylic acid groups (broad SMARTS) is 1. The molecule has 0 aliphatic heterocycles. The minimum absolute atomic E-state index is 0.176. The number of hydrogen-bond donors (Lipinski definition) is 8. The van der Waals surface area contributed by atoms with Gasteiger partial charge in [-0.3, -0.25) is 5.01 Å². The molecule has 12 N–H and O–H groups in total. The number of fused-ring (bicyclic) bond motifs is 3. The van der Waals surface area contributed by atoms with Crippen LogP contribution in [0.1, 0.15) is 28.4 Å². The Morgan fingerprint density at radius 3 is 2.00 bits per heavy atom. The van der Waals surface area contributed by atoms with Gasteiger partial charge in [-0.05, 0) is 37.3 Å². The standard InChI is InChI=1S/C27H29N7O4/c1-15(35)8-9-33(30)13-22(28)16-2-5-19-20-6-3-17(11-25(20)32-24(19)10-16)23(29)14-34(31)18-4-7-21(27(37)38)26(36)12-18/h2-8,10-14,32,35-36H,9,28-31H2,1H3,(H,37,38)/b15-8+,22-13-,23-14-. The topological polar surface area (TPSA) is 204 Å². The Hall–Kier alpha value is -5.13. The number of hydrogen-bond acceptors (Lipinski definition) is 9. The third-order valence-corrected chi connectivity index (χ3v) is 5.96. The lowest BCUT2D eigenvalue weighted by molar-refractivity contribution is 0.0693. The van der Waals surface area contributed by atoms with Gasteiger partial charge < -0.3 is 36.8 Å². The van der Waals surface area contributed by atoms with Gasteiger partial charge >= 0.3 is 5.97 Å². The van der Waals surface area contributed by atoms with Crippen LogP contribution >= 0.6 is 0 Å². The van der Waals surface area contributed by atoms with Gasteiger partial charge in [0, 0.05) is 51.4 Å². The normalized spacial score (nSPS) is 12.8. The minimum atomic E-state index is -1.24. The van der Waals surface area contributed by atoms with Gasteiger partial charge in [0.1, 0.15) is 11.3 Å². The molecule has 3 aromatic carbocycles. The van der Waals surface area contributed by atoms with Gasteiger partial charge in [-0.25, -0.2) is 16.5 Å². The summed E-state index contributed by atoms with van der Waals surface area (Å²) < 4.78 is 0. The molecule has 0 atom stereocenters. The van der Waals surface area contributed by atoms with Crippen molar-refractivity contribution in [1.29, 1.82) is 0 Å². The van der Waals surface area contributed by atoms with Gasteiger partial charge in [0.05, 0.1) is 29.4 Å². The van der Waals surface area contributed by atoms with E-state index < -0.39 is 11.7 Å². The van der Waals surface area contributed by atoms with Crippen LogP contribution in [0.5, 0.6) is 5.75 Å². The predicted molar refractivity (Wildman–Crippen MR) is 149 cm³/mol. The highest BCUT2D eigenvalue weighted by Gasteiger charge is 2.12. The first-order chi connectivity index (χ1) is 18.0. The molecule has 0 aliphatic carbocycles. The lowest BCUT2D eigenvalue weighted by Crippen LogP contribution is -2.26. The number of aromatic amines is 1. The lowest BCUT2D eigenvalue weighted by Gasteiger charge is -2.16. The summed E-state index contributed by atoms with van der Waals surface area (Å²) in [4.78, 5) is 14.5. The number of aromatic carboxylic acids is 1. The summed E-state index contributed by atoms with van der Waals surface area (Å²) in [6.45, 7) is 1.88. The van der Waals surface area contributed by atoms with Gasteiger partial charge in [0.25, 0.3) is 0 Å². The first-order valence-corrected chi connectivity index (χ1v) is 11.5. The Kier molecular flexibility index (Phi) is 7.15. The highest BCUT2D eigenvalue weighted by molar-refractivity contribution is 6.08. The molecule has 11 heteroatoms. The number of aromatic hydroxyl groups is 1. The highest BCUT2D eigenvalue weighted by atomic mass is 16.4. The SMILES string of the molecule is C/C(O)=C\CN(N)/C=C(\N)c1ccc2c(c1)[nH]c1cc(/C(N)=C/N(N)c3ccc(C(=O)O)c(O)c3)ccc12. The Balaban J connectivity index is 1.60. The number of nitrogens with one attached hydrogen (secondary N) is 1. The van der Waals surface area contributed by atoms with E-state index in [9.17, 15) is 15.0 Å². The number of nitrogens with two attached hydrogens (primary N) is 4. The summed E-state index contributed by atoms with van der Waals surface area (Å²) in [7, 11) is 0. The highest BCUT2D eigenvalue weighted by Crippen LogP contribution is 2.30. The number of anilines is 1. The monoisotopic (exact) mass is 515 g/mol. The first-order valence-electron chi connectivity index (χ1n) is 11.5. The molecule has 0 aliphatic rings. The van der Waals surface area contributed by atoms with Crippen molar-refractivity contribution in [2.24, 2.45) is 23.2 Å². The number of benzene rings is 3. The number of allylic oxidation sites excluding steroid dienone is 1. The Bertz CT molecular complexity index is 1620. The van der Waals surface area contributed by atoms with Gasteiger partial charge in [-0.15, -0.1) is 0 Å². The number of carbonyl (C=O) groups is 1. The first kappa shape index (κ1) is 25.9. The molecule has 0 fully saturated rings. The number of H-pyrrole nitrogens is 1. The van der Waals surface area contributed by atoms with Crippen LogP contribution in [0.4, 0.5) is 5.69 Å². The van der Waals surface area contributed by atoms with E-state index in [1.807, 2.05) is 36.4 Å². The van der Waals surface area contributed by atoms with Crippen molar-refractivity contribution in [2.75, 3.05) is 11.6 Å². The van der Waals surface area contributed by atoms with E-state index in [1.165, 1.54) is 34.4 Å². The zero-order valence-corrected chi connectivity index (χ0v) is 20.6. The van der Waals surface area contributed by atoms with Crippen molar-refractivity contribution in [2.45, 2.75) is 6.92 Å². The number of aromatic nitrogens is 1. The third-order valence-electron chi connectivity index (χ3n) is 5.96. The van der Waals surface area contributed by atoms with E-state index in [0.717, 1.165) is 27.4 Å². The van der Waals surface area contributed by atoms with Crippen LogP contribution < -0.4 is 28.2 Å². The van der Waals surface area contributed by atoms with E-state index >= 15 is 0 Å². The zero-order chi connectivity index (χ0) is 27.6. The van der Waals surface area contributed by atoms with Crippen LogP contribution in [-0.2, 0) is 0 Å². The quantitative estimate of drug-likeness (QED) is 0.0976. The lowest BCUT2D eigenvalue weighted by atomic mass is 10.1. The summed E-state index contributed by atoms with van der Waals surface area (Å²) in [5, 5.41) is 32.9. The molecule has 38 heavy (non-hydrogen) atoms. The van der Waals surface area contributed by atoms with Crippen LogP contribution in [-0.4, -0.2) is 37.8 Å². The van der Waals surface area contributed by atoms with Gasteiger partial charge in [0.15, 0.2) is 0 Å². The van der Waals surface area contributed by atoms with Gasteiger partial charge in [-0.1, -0.05) is 24.3 Å². The van der Waals surface area contributed by atoms with E-state index in [0.29, 0.717) is 29.2 Å². The molecule has 196 valence electrons. The number of aliphatic hydroxyl groups excluding tert-OH is 1. The van der Waals surface area contributed by atoms with E-state index in [-0.39, 0.29) is 11.3 Å². The fourth-order valence-electron chi connectivity index (χ4n) is 3.97. The molecule has 0 amide bonds. The second-order valence-electron chi connectivity index (χ2n) is 8.77. The van der Waals surface area contributed by atoms with Crippen molar-refractivity contribution in [3.8, 4) is 5.75 Å². The summed E-state index contributed by atoms with van der Waals surface area (Å²) in [5.41, 5.74) is 16.7. The summed E-state index contributed by atoms with van der Waals surface area (Å²) >= 11 is 0. The maximum Gasteiger partial charge on any atom is 0.339 e. The number of rotatable bonds is 8. The molecular formula is C27H29N7O4. The number of phenols is 1. The van der Waals surface area contributed by atoms with Crippen molar-refractivity contribution in [3.63, 3.8) is 0 Å². The number of hydrazine groups is 2.